The molecule has 36 heavy (non-hydrogen) atoms. The number of amides is 2. The smallest absolute Gasteiger partial charge is 0.320 e. The molecule has 0 spiro atoms. The summed E-state index contributed by atoms with van der Waals surface area (Å²) in [5.41, 5.74) is 4.14. The highest BCUT2D eigenvalue weighted by atomic mass is 19.1. The second-order valence-electron chi connectivity index (χ2n) is 10.7. The van der Waals surface area contributed by atoms with E-state index in [1.54, 1.807) is 15.9 Å². The molecule has 2 aromatic carbocycles. The second kappa shape index (κ2) is 10.00. The number of halogens is 1. The van der Waals surface area contributed by atoms with Crippen molar-refractivity contribution in [2.75, 3.05) is 50.8 Å². The van der Waals surface area contributed by atoms with Gasteiger partial charge in [0.1, 0.15) is 5.82 Å². The zero-order chi connectivity index (χ0) is 24.6. The lowest BCUT2D eigenvalue weighted by atomic mass is 10.00. The number of anilines is 1. The third-order valence-electron chi connectivity index (χ3n) is 8.19. The number of fused-ring (bicyclic) bond motifs is 3. The molecule has 3 fully saturated rings. The summed E-state index contributed by atoms with van der Waals surface area (Å²) in [6, 6.07) is 14.2. The van der Waals surface area contributed by atoms with Crippen molar-refractivity contribution in [2.24, 2.45) is 0 Å². The number of hydrogen-bond acceptors (Lipinski definition) is 5. The van der Waals surface area contributed by atoms with Crippen LogP contribution in [0.25, 0.3) is 0 Å². The normalized spacial score (nSPS) is 24.9. The number of rotatable bonds is 7. The van der Waals surface area contributed by atoms with Crippen molar-refractivity contribution in [1.29, 1.82) is 0 Å². The Morgan fingerprint density at radius 1 is 0.972 bits per heavy atom. The first kappa shape index (κ1) is 23.7. The van der Waals surface area contributed by atoms with Gasteiger partial charge in [0.05, 0.1) is 37.1 Å². The summed E-state index contributed by atoms with van der Waals surface area (Å²) in [6.07, 6.45) is 2.48. The molecule has 2 unspecified atom stereocenters. The van der Waals surface area contributed by atoms with Crippen LogP contribution in [-0.4, -0.2) is 90.0 Å². The fourth-order valence-electron chi connectivity index (χ4n) is 6.37. The van der Waals surface area contributed by atoms with Crippen molar-refractivity contribution in [2.45, 2.75) is 50.5 Å². The Hall–Kier alpha value is -2.68. The summed E-state index contributed by atoms with van der Waals surface area (Å²) in [5.74, 6) is -0.228. The van der Waals surface area contributed by atoms with Gasteiger partial charge in [-0.2, -0.15) is 0 Å². The van der Waals surface area contributed by atoms with E-state index in [0.717, 1.165) is 37.9 Å². The van der Waals surface area contributed by atoms with Crippen LogP contribution in [0.1, 0.15) is 29.5 Å². The summed E-state index contributed by atoms with van der Waals surface area (Å²) >= 11 is 0. The molecule has 3 saturated heterocycles. The zero-order valence-corrected chi connectivity index (χ0v) is 20.7. The van der Waals surface area contributed by atoms with Gasteiger partial charge in [-0.25, -0.2) is 9.18 Å². The van der Waals surface area contributed by atoms with E-state index in [2.05, 4.69) is 34.1 Å². The van der Waals surface area contributed by atoms with Crippen molar-refractivity contribution in [3.8, 4) is 0 Å². The average Bonchev–Trinajstić information content (AvgIpc) is 3.32. The SMILES string of the molecule is O=C1N(Cc2ccc(N3C4CCC3COC4)c(F)c2)CCN1C[C@H](O)CN1CCc2ccccc2C1. The number of aliphatic hydroxyl groups excluding tert-OH is 1. The van der Waals surface area contributed by atoms with E-state index in [4.69, 9.17) is 4.74 Å². The largest absolute Gasteiger partial charge is 0.390 e. The molecule has 4 heterocycles. The van der Waals surface area contributed by atoms with Gasteiger partial charge in [0, 0.05) is 45.8 Å². The van der Waals surface area contributed by atoms with E-state index >= 15 is 4.39 Å². The van der Waals surface area contributed by atoms with Crippen LogP contribution in [0.2, 0.25) is 0 Å². The van der Waals surface area contributed by atoms with E-state index in [0.29, 0.717) is 51.6 Å². The monoisotopic (exact) mass is 494 g/mol. The number of nitrogens with zero attached hydrogens (tertiary/aromatic N) is 4. The van der Waals surface area contributed by atoms with Crippen LogP contribution in [0.3, 0.4) is 0 Å². The topological polar surface area (TPSA) is 59.5 Å². The Kier molecular flexibility index (Phi) is 6.58. The van der Waals surface area contributed by atoms with Crippen molar-refractivity contribution in [3.63, 3.8) is 0 Å². The maximum Gasteiger partial charge on any atom is 0.320 e. The van der Waals surface area contributed by atoms with Gasteiger partial charge in [0.2, 0.25) is 0 Å². The Bertz CT molecular complexity index is 1100. The zero-order valence-electron chi connectivity index (χ0n) is 20.7. The standard InChI is InChI=1S/C28H35FN4O3/c29-26-13-20(5-8-27(26)33-23-6-7-24(33)19-36-18-23)14-31-11-12-32(28(31)35)17-25(34)16-30-10-9-21-3-1-2-4-22(21)15-30/h1-5,8,13,23-25,34H,6-7,9-12,14-19H2/t23?,24?,25-/m1/s1. The highest BCUT2D eigenvalue weighted by Crippen LogP contribution is 2.35. The van der Waals surface area contributed by atoms with Crippen LogP contribution in [0.4, 0.5) is 14.9 Å². The highest BCUT2D eigenvalue weighted by molar-refractivity contribution is 5.76. The molecule has 2 aromatic rings. The van der Waals surface area contributed by atoms with Crippen LogP contribution in [0, 0.1) is 5.82 Å². The third kappa shape index (κ3) is 4.69. The maximum atomic E-state index is 15.1. The van der Waals surface area contributed by atoms with Crippen LogP contribution in [-0.2, 0) is 24.2 Å². The summed E-state index contributed by atoms with van der Waals surface area (Å²) in [5, 5.41) is 10.7. The average molecular weight is 495 g/mol. The molecule has 7 nitrogen and oxygen atoms in total. The maximum absolute atomic E-state index is 15.1. The summed E-state index contributed by atoms with van der Waals surface area (Å²) in [6.45, 7) is 5.48. The lowest BCUT2D eigenvalue weighted by Crippen LogP contribution is -2.46. The van der Waals surface area contributed by atoms with Gasteiger partial charge >= 0.3 is 6.03 Å². The number of benzene rings is 2. The molecule has 2 amide bonds. The van der Waals surface area contributed by atoms with Crippen LogP contribution in [0.5, 0.6) is 0 Å². The highest BCUT2D eigenvalue weighted by Gasteiger charge is 2.38. The number of urea groups is 1. The number of carbonyl (C=O) groups excluding carboxylic acids is 1. The second-order valence-corrected chi connectivity index (χ2v) is 10.7. The molecule has 4 aliphatic rings. The van der Waals surface area contributed by atoms with Crippen molar-refractivity contribution >= 4 is 11.7 Å². The first-order valence-corrected chi connectivity index (χ1v) is 13.2. The Morgan fingerprint density at radius 2 is 1.72 bits per heavy atom. The van der Waals surface area contributed by atoms with Gasteiger partial charge in [-0.05, 0) is 48.1 Å². The molecule has 3 atom stereocenters. The lowest BCUT2D eigenvalue weighted by molar-refractivity contribution is 0.0812. The van der Waals surface area contributed by atoms with E-state index < -0.39 is 6.10 Å². The van der Waals surface area contributed by atoms with Gasteiger partial charge in [-0.3, -0.25) is 4.90 Å². The molecule has 0 aliphatic carbocycles. The number of hydrogen-bond donors (Lipinski definition) is 1. The molecule has 2 bridgehead atoms. The Balaban J connectivity index is 1.02. The van der Waals surface area contributed by atoms with Crippen molar-refractivity contribution in [1.82, 2.24) is 14.7 Å². The van der Waals surface area contributed by atoms with Gasteiger partial charge in [-0.1, -0.05) is 30.3 Å². The molecule has 0 saturated carbocycles. The summed E-state index contributed by atoms with van der Waals surface area (Å²) < 4.78 is 20.7. The number of ether oxygens (including phenoxy) is 1. The molecular weight excluding hydrogens is 459 g/mol. The predicted octanol–water partition coefficient (Wildman–Crippen LogP) is 2.85. The molecule has 1 N–H and O–H groups in total. The fraction of sp³-hybridized carbons (Fsp3) is 0.536. The van der Waals surface area contributed by atoms with Crippen molar-refractivity contribution in [3.05, 3.63) is 65.0 Å². The van der Waals surface area contributed by atoms with Crippen molar-refractivity contribution < 1.29 is 19.0 Å². The minimum atomic E-state index is -0.597. The van der Waals surface area contributed by atoms with E-state index in [1.807, 2.05) is 12.1 Å². The molecule has 8 heteroatoms. The molecule has 0 aromatic heterocycles. The third-order valence-corrected chi connectivity index (χ3v) is 8.19. The fourth-order valence-corrected chi connectivity index (χ4v) is 6.37. The quantitative estimate of drug-likeness (QED) is 0.642. The molecule has 6 rings (SSSR count). The van der Waals surface area contributed by atoms with E-state index in [9.17, 15) is 9.90 Å². The van der Waals surface area contributed by atoms with Gasteiger partial charge in [0.25, 0.3) is 0 Å². The Labute approximate surface area is 212 Å². The van der Waals surface area contributed by atoms with Gasteiger partial charge in [0.15, 0.2) is 0 Å². The summed E-state index contributed by atoms with van der Waals surface area (Å²) in [7, 11) is 0. The van der Waals surface area contributed by atoms with Crippen LogP contribution in [0.15, 0.2) is 42.5 Å². The molecule has 0 radical (unpaired) electrons. The van der Waals surface area contributed by atoms with E-state index in [1.165, 1.54) is 11.1 Å². The van der Waals surface area contributed by atoms with E-state index in [-0.39, 0.29) is 23.9 Å². The van der Waals surface area contributed by atoms with Gasteiger partial charge < -0.3 is 24.5 Å². The number of morpholine rings is 1. The summed E-state index contributed by atoms with van der Waals surface area (Å²) in [4.78, 5) is 20.9. The number of β-amino-alcohol motifs (C(OH)–C–C–N with tert-alkyl or cyclic N) is 1. The predicted molar refractivity (Wildman–Crippen MR) is 135 cm³/mol. The lowest BCUT2D eigenvalue weighted by Gasteiger charge is -2.36. The molecule has 192 valence electrons. The number of carbonyl (C=O) groups is 1. The Morgan fingerprint density at radius 3 is 2.50 bits per heavy atom. The minimum absolute atomic E-state index is 0.0891. The first-order chi connectivity index (χ1) is 17.5. The number of aliphatic hydroxyl groups is 1. The minimum Gasteiger partial charge on any atom is -0.390 e. The van der Waals surface area contributed by atoms with Crippen LogP contribution >= 0.6 is 0 Å². The molecule has 4 aliphatic heterocycles. The molecular formula is C28H35FN4O3. The first-order valence-electron chi connectivity index (χ1n) is 13.2. The van der Waals surface area contributed by atoms with Crippen LogP contribution < -0.4 is 4.90 Å². The van der Waals surface area contributed by atoms with Gasteiger partial charge in [-0.15, -0.1) is 0 Å².